The van der Waals surface area contributed by atoms with Crippen LogP contribution in [0.15, 0.2) is 60.7 Å². The van der Waals surface area contributed by atoms with Crippen LogP contribution in [0.2, 0.25) is 0 Å². The van der Waals surface area contributed by atoms with Crippen molar-refractivity contribution in [3.8, 4) is 0 Å². The second-order valence-electron chi connectivity index (χ2n) is 5.44. The SMILES string of the molecule is O=C(Nc1ccc(Nc2ccccc2F)nn1)c1ccc(C(F)(F)F)cc1. The summed E-state index contributed by atoms with van der Waals surface area (Å²) in [5, 5.41) is 12.8. The highest BCUT2D eigenvalue weighted by Gasteiger charge is 2.30. The normalized spacial score (nSPS) is 11.1. The number of alkyl halides is 3. The van der Waals surface area contributed by atoms with Crippen LogP contribution in [0.25, 0.3) is 0 Å². The monoisotopic (exact) mass is 376 g/mol. The molecular formula is C18H12F4N4O. The van der Waals surface area contributed by atoms with Crippen LogP contribution in [0.4, 0.5) is 34.9 Å². The maximum absolute atomic E-state index is 13.6. The Labute approximate surface area is 151 Å². The number of carbonyl (C=O) groups is 1. The van der Waals surface area contributed by atoms with Gasteiger partial charge in [-0.1, -0.05) is 12.1 Å². The van der Waals surface area contributed by atoms with Gasteiger partial charge in [-0.3, -0.25) is 4.79 Å². The van der Waals surface area contributed by atoms with Crippen molar-refractivity contribution in [3.63, 3.8) is 0 Å². The molecule has 0 aliphatic heterocycles. The van der Waals surface area contributed by atoms with Crippen LogP contribution >= 0.6 is 0 Å². The Morgan fingerprint density at radius 1 is 0.852 bits per heavy atom. The number of nitrogens with zero attached hydrogens (tertiary/aromatic N) is 2. The van der Waals surface area contributed by atoms with Gasteiger partial charge in [-0.15, -0.1) is 10.2 Å². The predicted molar refractivity (Wildman–Crippen MR) is 91.1 cm³/mol. The first kappa shape index (κ1) is 18.3. The van der Waals surface area contributed by atoms with Crippen LogP contribution in [-0.2, 0) is 6.18 Å². The third-order valence-corrected chi connectivity index (χ3v) is 3.52. The molecule has 0 saturated carbocycles. The van der Waals surface area contributed by atoms with Crippen LogP contribution in [0, 0.1) is 5.82 Å². The van der Waals surface area contributed by atoms with E-state index in [1.54, 1.807) is 12.1 Å². The van der Waals surface area contributed by atoms with Crippen molar-refractivity contribution in [1.29, 1.82) is 0 Å². The zero-order valence-corrected chi connectivity index (χ0v) is 13.6. The van der Waals surface area contributed by atoms with Crippen LogP contribution in [0.1, 0.15) is 15.9 Å². The number of carbonyl (C=O) groups excluding carboxylic acids is 1. The molecule has 9 heteroatoms. The van der Waals surface area contributed by atoms with Crippen molar-refractivity contribution < 1.29 is 22.4 Å². The smallest absolute Gasteiger partial charge is 0.336 e. The lowest BCUT2D eigenvalue weighted by molar-refractivity contribution is -0.137. The molecule has 2 N–H and O–H groups in total. The molecule has 3 rings (SSSR count). The Balaban J connectivity index is 1.66. The van der Waals surface area contributed by atoms with Crippen LogP contribution in [-0.4, -0.2) is 16.1 Å². The number of hydrogen-bond donors (Lipinski definition) is 2. The molecule has 0 unspecified atom stereocenters. The molecule has 0 aliphatic carbocycles. The van der Waals surface area contributed by atoms with Crippen LogP contribution in [0.3, 0.4) is 0 Å². The molecule has 5 nitrogen and oxygen atoms in total. The molecule has 1 heterocycles. The first-order chi connectivity index (χ1) is 12.8. The molecule has 0 spiro atoms. The van der Waals surface area contributed by atoms with Gasteiger partial charge in [0.25, 0.3) is 5.91 Å². The Kier molecular flexibility index (Phi) is 5.02. The average molecular weight is 376 g/mol. The van der Waals surface area contributed by atoms with Crippen molar-refractivity contribution >= 4 is 23.2 Å². The minimum absolute atomic E-state index is 0.0401. The maximum Gasteiger partial charge on any atom is 0.416 e. The molecule has 0 aliphatic rings. The molecule has 1 amide bonds. The molecule has 138 valence electrons. The third-order valence-electron chi connectivity index (χ3n) is 3.52. The molecule has 0 fully saturated rings. The number of nitrogens with one attached hydrogen (secondary N) is 2. The Bertz CT molecular complexity index is 941. The second-order valence-corrected chi connectivity index (χ2v) is 5.44. The van der Waals surface area contributed by atoms with Gasteiger partial charge < -0.3 is 10.6 Å². The molecule has 0 radical (unpaired) electrons. The number of amides is 1. The van der Waals surface area contributed by atoms with Crippen molar-refractivity contribution in [2.75, 3.05) is 10.6 Å². The lowest BCUT2D eigenvalue weighted by atomic mass is 10.1. The van der Waals surface area contributed by atoms with Crippen molar-refractivity contribution in [2.45, 2.75) is 6.18 Å². The summed E-state index contributed by atoms with van der Waals surface area (Å²) in [5.41, 5.74) is -0.589. The van der Waals surface area contributed by atoms with E-state index in [1.165, 1.54) is 24.3 Å². The van der Waals surface area contributed by atoms with Crippen molar-refractivity contribution in [3.05, 3.63) is 77.6 Å². The van der Waals surface area contributed by atoms with E-state index in [0.29, 0.717) is 0 Å². The van der Waals surface area contributed by atoms with Gasteiger partial charge in [-0.05, 0) is 48.5 Å². The minimum Gasteiger partial charge on any atom is -0.336 e. The Morgan fingerprint density at radius 2 is 1.48 bits per heavy atom. The second kappa shape index (κ2) is 7.40. The number of anilines is 3. The summed E-state index contributed by atoms with van der Waals surface area (Å²) >= 11 is 0. The molecule has 0 atom stereocenters. The van der Waals surface area contributed by atoms with Gasteiger partial charge in [-0.2, -0.15) is 13.2 Å². The zero-order valence-electron chi connectivity index (χ0n) is 13.6. The fraction of sp³-hybridized carbons (Fsp3) is 0.0556. The Hall–Kier alpha value is -3.49. The van der Waals surface area contributed by atoms with E-state index >= 15 is 0 Å². The van der Waals surface area contributed by atoms with Crippen molar-refractivity contribution in [2.24, 2.45) is 0 Å². The highest BCUT2D eigenvalue weighted by atomic mass is 19.4. The molecule has 0 saturated heterocycles. The summed E-state index contributed by atoms with van der Waals surface area (Å²) in [4.78, 5) is 12.1. The molecule has 1 aromatic heterocycles. The molecule has 3 aromatic rings. The quantitative estimate of drug-likeness (QED) is 0.652. The molecule has 2 aromatic carbocycles. The molecule has 27 heavy (non-hydrogen) atoms. The summed E-state index contributed by atoms with van der Waals surface area (Å²) < 4.78 is 51.2. The van der Waals surface area contributed by atoms with Crippen LogP contribution in [0.5, 0.6) is 0 Å². The van der Waals surface area contributed by atoms with Gasteiger partial charge in [0.2, 0.25) is 0 Å². The van der Waals surface area contributed by atoms with Gasteiger partial charge in [0.15, 0.2) is 11.6 Å². The fourth-order valence-corrected chi connectivity index (χ4v) is 2.17. The van der Waals surface area contributed by atoms with E-state index in [4.69, 9.17) is 0 Å². The predicted octanol–water partition coefficient (Wildman–Crippen LogP) is 4.63. The van der Waals surface area contributed by atoms with Gasteiger partial charge in [0, 0.05) is 5.56 Å². The topological polar surface area (TPSA) is 66.9 Å². The highest BCUT2D eigenvalue weighted by Crippen LogP contribution is 2.29. The lowest BCUT2D eigenvalue weighted by Crippen LogP contribution is -2.14. The van der Waals surface area contributed by atoms with Gasteiger partial charge in [0.05, 0.1) is 11.3 Å². The summed E-state index contributed by atoms with van der Waals surface area (Å²) in [6, 6.07) is 12.7. The number of para-hydroxylation sites is 1. The highest BCUT2D eigenvalue weighted by molar-refractivity contribution is 6.03. The minimum atomic E-state index is -4.47. The van der Waals surface area contributed by atoms with E-state index in [1.807, 2.05) is 0 Å². The van der Waals surface area contributed by atoms with E-state index in [0.717, 1.165) is 24.3 Å². The molecular weight excluding hydrogens is 364 g/mol. The average Bonchev–Trinajstić information content (AvgIpc) is 2.64. The standard InChI is InChI=1S/C18H12F4N4O/c19-13-3-1-2-4-14(13)23-15-9-10-16(26-25-15)24-17(27)11-5-7-12(8-6-11)18(20,21)22/h1-10H,(H,23,25)(H,24,26,27). The summed E-state index contributed by atoms with van der Waals surface area (Å²) in [5.74, 6) is -0.738. The largest absolute Gasteiger partial charge is 0.416 e. The van der Waals surface area contributed by atoms with Crippen molar-refractivity contribution in [1.82, 2.24) is 10.2 Å². The summed E-state index contributed by atoms with van der Waals surface area (Å²) in [6.07, 6.45) is -4.47. The number of aromatic nitrogens is 2. The number of hydrogen-bond acceptors (Lipinski definition) is 4. The Morgan fingerprint density at radius 3 is 2.07 bits per heavy atom. The summed E-state index contributed by atoms with van der Waals surface area (Å²) in [7, 11) is 0. The lowest BCUT2D eigenvalue weighted by Gasteiger charge is -2.09. The number of benzene rings is 2. The first-order valence-electron chi connectivity index (χ1n) is 7.67. The number of rotatable bonds is 4. The first-order valence-corrected chi connectivity index (χ1v) is 7.67. The summed E-state index contributed by atoms with van der Waals surface area (Å²) in [6.45, 7) is 0. The van der Waals surface area contributed by atoms with Crippen LogP contribution < -0.4 is 10.6 Å². The van der Waals surface area contributed by atoms with E-state index in [2.05, 4.69) is 20.8 Å². The molecule has 0 bridgehead atoms. The van der Waals surface area contributed by atoms with E-state index in [9.17, 15) is 22.4 Å². The van der Waals surface area contributed by atoms with E-state index in [-0.39, 0.29) is 22.9 Å². The fourth-order valence-electron chi connectivity index (χ4n) is 2.17. The third kappa shape index (κ3) is 4.57. The zero-order chi connectivity index (χ0) is 19.4. The van der Waals surface area contributed by atoms with Gasteiger partial charge in [-0.25, -0.2) is 4.39 Å². The van der Waals surface area contributed by atoms with Gasteiger partial charge in [0.1, 0.15) is 5.82 Å². The maximum atomic E-state index is 13.6. The number of halogens is 4. The van der Waals surface area contributed by atoms with Gasteiger partial charge >= 0.3 is 6.18 Å². The van der Waals surface area contributed by atoms with E-state index < -0.39 is 23.5 Å².